The number of sulfonamides is 1. The molecule has 10 nitrogen and oxygen atoms in total. The molecular formula is C33H34ClN5O5S2. The summed E-state index contributed by atoms with van der Waals surface area (Å²) in [7, 11) is -1.97. The van der Waals surface area contributed by atoms with E-state index in [1.165, 1.54) is 11.3 Å². The smallest absolute Gasteiger partial charge is 0.267 e. The van der Waals surface area contributed by atoms with Crippen molar-refractivity contribution in [1.82, 2.24) is 24.2 Å². The molecule has 0 unspecified atom stereocenters. The Morgan fingerprint density at radius 1 is 1.20 bits per heavy atom. The molecule has 2 aliphatic rings. The zero-order chi connectivity index (χ0) is 32.6. The predicted molar refractivity (Wildman–Crippen MR) is 180 cm³/mol. The maximum atomic E-state index is 13.8. The molecular weight excluding hydrogens is 646 g/mol. The van der Waals surface area contributed by atoms with Crippen LogP contribution in [0.25, 0.3) is 21.3 Å². The minimum atomic E-state index is -3.74. The van der Waals surface area contributed by atoms with Gasteiger partial charge in [-0.15, -0.1) is 11.3 Å². The molecule has 240 valence electrons. The summed E-state index contributed by atoms with van der Waals surface area (Å²) in [5.74, 6) is 6.31. The molecule has 13 heteroatoms. The monoisotopic (exact) mass is 679 g/mol. The van der Waals surface area contributed by atoms with Gasteiger partial charge in [0.15, 0.2) is 0 Å². The van der Waals surface area contributed by atoms with E-state index in [-0.39, 0.29) is 17.7 Å². The van der Waals surface area contributed by atoms with E-state index in [1.807, 2.05) is 23.8 Å². The number of hydrogen-bond donors (Lipinski definition) is 1. The van der Waals surface area contributed by atoms with E-state index in [4.69, 9.17) is 21.3 Å². The van der Waals surface area contributed by atoms with E-state index in [9.17, 15) is 18.0 Å². The molecule has 3 aromatic heterocycles. The van der Waals surface area contributed by atoms with Gasteiger partial charge in [-0.05, 0) is 63.3 Å². The van der Waals surface area contributed by atoms with Gasteiger partial charge in [-0.1, -0.05) is 23.4 Å². The number of ether oxygens (including phenoxy) is 1. The Labute approximate surface area is 276 Å². The van der Waals surface area contributed by atoms with Crippen molar-refractivity contribution in [3.05, 3.63) is 79.4 Å². The van der Waals surface area contributed by atoms with E-state index in [2.05, 4.69) is 21.7 Å². The number of nitrogens with zero attached hydrogens (tertiary/aromatic N) is 4. The quantitative estimate of drug-likeness (QED) is 0.301. The van der Waals surface area contributed by atoms with Crippen LogP contribution in [0.1, 0.15) is 52.3 Å². The van der Waals surface area contributed by atoms with Crippen LogP contribution < -0.4 is 10.3 Å². The molecule has 0 bridgehead atoms. The lowest BCUT2D eigenvalue weighted by Crippen LogP contribution is -2.47. The van der Waals surface area contributed by atoms with E-state index in [1.54, 1.807) is 35.4 Å². The van der Waals surface area contributed by atoms with Gasteiger partial charge in [0.05, 0.1) is 40.4 Å². The van der Waals surface area contributed by atoms with Crippen LogP contribution in [-0.4, -0.2) is 72.4 Å². The second-order valence-corrected chi connectivity index (χ2v) is 14.8. The van der Waals surface area contributed by atoms with Crippen molar-refractivity contribution >= 4 is 49.1 Å². The Hall–Kier alpha value is -3.60. The number of pyridine rings is 1. The largest absolute Gasteiger partial charge is 0.381 e. The number of thiophene rings is 1. The third-order valence-electron chi connectivity index (χ3n) is 8.73. The number of rotatable bonds is 6. The van der Waals surface area contributed by atoms with Crippen LogP contribution in [0, 0.1) is 18.8 Å². The van der Waals surface area contributed by atoms with E-state index >= 15 is 0 Å². The topological polar surface area (TPSA) is 123 Å². The first-order valence-corrected chi connectivity index (χ1v) is 18.2. The molecule has 1 saturated heterocycles. The fourth-order valence-corrected chi connectivity index (χ4v) is 8.03. The van der Waals surface area contributed by atoms with Gasteiger partial charge >= 0.3 is 0 Å². The van der Waals surface area contributed by atoms with Crippen molar-refractivity contribution in [2.24, 2.45) is 0 Å². The van der Waals surface area contributed by atoms with E-state index in [0.717, 1.165) is 67.4 Å². The van der Waals surface area contributed by atoms with Gasteiger partial charge in [-0.3, -0.25) is 24.0 Å². The number of nitrogens with one attached hydrogen (secondary N) is 1. The summed E-state index contributed by atoms with van der Waals surface area (Å²) in [4.78, 5) is 38.1. The molecule has 0 saturated carbocycles. The summed E-state index contributed by atoms with van der Waals surface area (Å²) in [6, 6.07) is 7.50. The van der Waals surface area contributed by atoms with Crippen molar-refractivity contribution < 1.29 is 17.9 Å². The summed E-state index contributed by atoms with van der Waals surface area (Å²) in [5.41, 5.74) is 4.38. The molecule has 46 heavy (non-hydrogen) atoms. The number of carbonyl (C=O) groups is 1. The third-order valence-corrected chi connectivity index (χ3v) is 10.5. The van der Waals surface area contributed by atoms with Crippen LogP contribution in [0.4, 0.5) is 0 Å². The molecule has 4 heterocycles. The van der Waals surface area contributed by atoms with Crippen molar-refractivity contribution in [2.45, 2.75) is 57.7 Å². The number of aryl methyl sites for hydroxylation is 2. The maximum Gasteiger partial charge on any atom is 0.267 e. The van der Waals surface area contributed by atoms with Gasteiger partial charge in [-0.25, -0.2) is 18.1 Å². The van der Waals surface area contributed by atoms with Gasteiger partial charge in [-0.2, -0.15) is 0 Å². The molecule has 0 radical (unpaired) electrons. The van der Waals surface area contributed by atoms with Gasteiger partial charge in [0, 0.05) is 65.1 Å². The van der Waals surface area contributed by atoms with Crippen molar-refractivity contribution in [2.75, 3.05) is 26.5 Å². The second kappa shape index (κ2) is 13.3. The average Bonchev–Trinajstić information content (AvgIpc) is 3.47. The molecule has 0 spiro atoms. The van der Waals surface area contributed by atoms with Gasteiger partial charge in [0.25, 0.3) is 11.5 Å². The number of methoxy groups -OCH3 is 1. The minimum absolute atomic E-state index is 0.0288. The number of aromatic nitrogens is 3. The Balaban J connectivity index is 1.28. The number of amides is 1. The summed E-state index contributed by atoms with van der Waals surface area (Å²) >= 11 is 7.69. The number of carbonyl (C=O) groups excluding carboxylic acids is 1. The number of hydrogen-bond acceptors (Lipinski definition) is 9. The zero-order valence-electron chi connectivity index (χ0n) is 25.8. The van der Waals surface area contributed by atoms with Crippen molar-refractivity contribution in [1.29, 1.82) is 0 Å². The van der Waals surface area contributed by atoms with Crippen LogP contribution in [-0.2, 0) is 34.1 Å². The highest BCUT2D eigenvalue weighted by Gasteiger charge is 2.30. The summed E-state index contributed by atoms with van der Waals surface area (Å²) in [5, 5.41) is 2.09. The van der Waals surface area contributed by atoms with Crippen LogP contribution in [0.5, 0.6) is 0 Å². The number of halogens is 1. The first kappa shape index (κ1) is 32.3. The van der Waals surface area contributed by atoms with Gasteiger partial charge in [0.1, 0.15) is 5.82 Å². The lowest BCUT2D eigenvalue weighted by molar-refractivity contribution is 0.0248. The highest BCUT2D eigenvalue weighted by Crippen LogP contribution is 2.36. The molecule has 6 rings (SSSR count). The first-order valence-electron chi connectivity index (χ1n) is 15.1. The lowest BCUT2D eigenvalue weighted by Gasteiger charge is -2.39. The Morgan fingerprint density at radius 2 is 1.98 bits per heavy atom. The fourth-order valence-electron chi connectivity index (χ4n) is 6.38. The Bertz CT molecular complexity index is 2060. The number of benzene rings is 1. The maximum absolute atomic E-state index is 13.8. The van der Waals surface area contributed by atoms with Crippen LogP contribution >= 0.6 is 22.9 Å². The Kier molecular flexibility index (Phi) is 9.32. The van der Waals surface area contributed by atoms with E-state index < -0.39 is 15.9 Å². The molecule has 1 fully saturated rings. The van der Waals surface area contributed by atoms with E-state index in [0.29, 0.717) is 45.2 Å². The van der Waals surface area contributed by atoms with Gasteiger partial charge < -0.3 is 4.74 Å². The molecule has 4 aromatic rings. The van der Waals surface area contributed by atoms with Crippen molar-refractivity contribution in [3.63, 3.8) is 0 Å². The first-order chi connectivity index (χ1) is 22.0. The summed E-state index contributed by atoms with van der Waals surface area (Å²) in [6.45, 7) is 3.98. The SMILES string of the molecule is COC1CCN([C@H]2CCc3nc(C)n(CC#Cc4ccc(Cl)cc4-c4ccnc5c(C(=O)NS(C)(=O)=O)csc45)c(=O)c3C2)CC1. The van der Waals surface area contributed by atoms with Crippen LogP contribution in [0.3, 0.4) is 0 Å². The molecule has 1 amide bonds. The normalized spacial score (nSPS) is 17.3. The molecule has 1 atom stereocenters. The average molecular weight is 680 g/mol. The third kappa shape index (κ3) is 6.75. The molecule has 1 aromatic carbocycles. The Morgan fingerprint density at radius 3 is 2.72 bits per heavy atom. The zero-order valence-corrected chi connectivity index (χ0v) is 28.2. The second-order valence-electron chi connectivity index (χ2n) is 11.7. The molecule has 1 aliphatic heterocycles. The fraction of sp³-hybridized carbons (Fsp3) is 0.394. The lowest BCUT2D eigenvalue weighted by atomic mass is 9.90. The van der Waals surface area contributed by atoms with Crippen LogP contribution in [0.15, 0.2) is 40.6 Å². The summed E-state index contributed by atoms with van der Waals surface area (Å²) < 4.78 is 33.2. The minimum Gasteiger partial charge on any atom is -0.381 e. The molecule has 1 aliphatic carbocycles. The van der Waals surface area contributed by atoms with Crippen molar-refractivity contribution in [3.8, 4) is 23.0 Å². The standard InChI is InChI=1S/C33H34ClN5O5S2/c1-20-36-29-9-8-23(38-15-11-24(44-2)12-16-38)18-27(29)33(41)39(20)14-4-5-21-6-7-22(34)17-26(21)25-10-13-35-30-28(19-45-31(25)30)32(40)37-46(3,42)43/h6-7,10,13,17,19,23-24H,8-9,11-12,14-16,18H2,1-3H3,(H,37,40)/t23-/m0/s1. The van der Waals surface area contributed by atoms with Crippen LogP contribution in [0.2, 0.25) is 5.02 Å². The number of likely N-dealkylation sites (tertiary alicyclic amines) is 1. The highest BCUT2D eigenvalue weighted by molar-refractivity contribution is 7.89. The number of piperidine rings is 1. The predicted octanol–water partition coefficient (Wildman–Crippen LogP) is 4.19. The molecule has 1 N–H and O–H groups in total. The highest BCUT2D eigenvalue weighted by atomic mass is 35.5. The number of fused-ring (bicyclic) bond motifs is 2. The summed E-state index contributed by atoms with van der Waals surface area (Å²) in [6.07, 6.45) is 7.30. The van der Waals surface area contributed by atoms with Gasteiger partial charge in [0.2, 0.25) is 10.0 Å².